The number of aromatic amines is 1. The summed E-state index contributed by atoms with van der Waals surface area (Å²) in [4.78, 5) is 26.8. The summed E-state index contributed by atoms with van der Waals surface area (Å²) in [5, 5.41) is 13.6. The number of hydrogen-bond acceptors (Lipinski definition) is 3. The van der Waals surface area contributed by atoms with Crippen molar-refractivity contribution in [3.05, 3.63) is 40.2 Å². The lowest BCUT2D eigenvalue weighted by Crippen LogP contribution is -2.28. The van der Waals surface area contributed by atoms with Crippen LogP contribution in [0.25, 0.3) is 10.9 Å². The molecule has 1 aromatic carbocycles. The van der Waals surface area contributed by atoms with E-state index >= 15 is 0 Å². The first-order chi connectivity index (χ1) is 11.6. The topological polar surface area (TPSA) is 82.2 Å². The molecule has 0 saturated carbocycles. The van der Waals surface area contributed by atoms with E-state index in [2.05, 4.69) is 17.2 Å². The summed E-state index contributed by atoms with van der Waals surface area (Å²) in [7, 11) is 0. The molecular formula is C19H26N2O3. The molecule has 2 aromatic rings. The monoisotopic (exact) mass is 330 g/mol. The van der Waals surface area contributed by atoms with Gasteiger partial charge in [0.1, 0.15) is 5.75 Å². The number of aromatic hydroxyl groups is 1. The average molecular weight is 330 g/mol. The molecule has 0 aliphatic carbocycles. The standard InChI is InChI=1S/C19H26N2O3/c1-2-3-4-5-6-9-12-20-17(22)13-15-18(23)14-10-7-8-11-16(14)21-19(15)24/h7-8,10-11H,2-6,9,12-13H2,1H3,(H,20,22)(H2,21,23,24). The number of amides is 1. The summed E-state index contributed by atoms with van der Waals surface area (Å²) < 4.78 is 0. The van der Waals surface area contributed by atoms with Crippen molar-refractivity contribution in [2.45, 2.75) is 51.9 Å². The van der Waals surface area contributed by atoms with Gasteiger partial charge in [-0.1, -0.05) is 51.2 Å². The van der Waals surface area contributed by atoms with Crippen molar-refractivity contribution in [1.29, 1.82) is 0 Å². The third kappa shape index (κ3) is 4.85. The van der Waals surface area contributed by atoms with Crippen LogP contribution in [0.2, 0.25) is 0 Å². The molecule has 1 amide bonds. The van der Waals surface area contributed by atoms with Gasteiger partial charge in [0.15, 0.2) is 0 Å². The highest BCUT2D eigenvalue weighted by Crippen LogP contribution is 2.24. The Balaban J connectivity index is 1.88. The summed E-state index contributed by atoms with van der Waals surface area (Å²) in [5.41, 5.74) is 0.270. The van der Waals surface area contributed by atoms with Crippen LogP contribution in [0.1, 0.15) is 51.0 Å². The molecular weight excluding hydrogens is 304 g/mol. The first kappa shape index (κ1) is 18.0. The van der Waals surface area contributed by atoms with E-state index in [1.54, 1.807) is 24.3 Å². The Bertz CT molecular complexity index is 737. The quantitative estimate of drug-likeness (QED) is 0.617. The molecule has 0 atom stereocenters. The van der Waals surface area contributed by atoms with E-state index < -0.39 is 5.56 Å². The van der Waals surface area contributed by atoms with Crippen LogP contribution in [0.4, 0.5) is 0 Å². The Morgan fingerprint density at radius 2 is 1.83 bits per heavy atom. The number of nitrogens with one attached hydrogen (secondary N) is 2. The van der Waals surface area contributed by atoms with E-state index in [1.807, 2.05) is 0 Å². The van der Waals surface area contributed by atoms with E-state index in [0.717, 1.165) is 12.8 Å². The zero-order valence-corrected chi connectivity index (χ0v) is 14.2. The number of benzene rings is 1. The summed E-state index contributed by atoms with van der Waals surface area (Å²) in [6.45, 7) is 2.79. The van der Waals surface area contributed by atoms with Crippen molar-refractivity contribution in [2.75, 3.05) is 6.54 Å². The number of carbonyl (C=O) groups excluding carboxylic acids is 1. The fourth-order valence-corrected chi connectivity index (χ4v) is 2.79. The highest BCUT2D eigenvalue weighted by atomic mass is 16.3. The number of pyridine rings is 1. The Morgan fingerprint density at radius 1 is 1.12 bits per heavy atom. The lowest BCUT2D eigenvalue weighted by atomic mass is 10.1. The number of H-pyrrole nitrogens is 1. The zero-order valence-electron chi connectivity index (χ0n) is 14.2. The molecule has 0 aliphatic heterocycles. The minimum Gasteiger partial charge on any atom is -0.507 e. The maximum absolute atomic E-state index is 12.1. The van der Waals surface area contributed by atoms with Crippen molar-refractivity contribution in [3.8, 4) is 5.75 Å². The maximum Gasteiger partial charge on any atom is 0.255 e. The van der Waals surface area contributed by atoms with Crippen LogP contribution in [-0.4, -0.2) is 22.5 Å². The van der Waals surface area contributed by atoms with Gasteiger partial charge in [-0.3, -0.25) is 9.59 Å². The maximum atomic E-state index is 12.1. The van der Waals surface area contributed by atoms with Gasteiger partial charge in [-0.25, -0.2) is 0 Å². The number of hydrogen-bond donors (Lipinski definition) is 3. The molecule has 0 fully saturated rings. The lowest BCUT2D eigenvalue weighted by molar-refractivity contribution is -0.120. The van der Waals surface area contributed by atoms with Crippen LogP contribution >= 0.6 is 0 Å². The number of para-hydroxylation sites is 1. The number of carbonyl (C=O) groups is 1. The number of unbranched alkanes of at least 4 members (excludes halogenated alkanes) is 5. The molecule has 0 spiro atoms. The molecule has 2 rings (SSSR count). The van der Waals surface area contributed by atoms with Gasteiger partial charge in [0.2, 0.25) is 5.91 Å². The molecule has 5 heteroatoms. The first-order valence-electron chi connectivity index (χ1n) is 8.73. The Hall–Kier alpha value is -2.30. The van der Waals surface area contributed by atoms with Gasteiger partial charge >= 0.3 is 0 Å². The van der Waals surface area contributed by atoms with Gasteiger partial charge in [0.25, 0.3) is 5.56 Å². The van der Waals surface area contributed by atoms with Gasteiger partial charge in [-0.2, -0.15) is 0 Å². The van der Waals surface area contributed by atoms with E-state index in [9.17, 15) is 14.7 Å². The zero-order chi connectivity index (χ0) is 17.4. The summed E-state index contributed by atoms with van der Waals surface area (Å²) in [5.74, 6) is -0.344. The highest BCUT2D eigenvalue weighted by molar-refractivity contribution is 5.88. The molecule has 24 heavy (non-hydrogen) atoms. The molecule has 0 radical (unpaired) electrons. The number of fused-ring (bicyclic) bond motifs is 1. The van der Waals surface area contributed by atoms with Crippen LogP contribution in [0, 0.1) is 0 Å². The molecule has 0 saturated heterocycles. The van der Waals surface area contributed by atoms with Gasteiger partial charge in [0.05, 0.1) is 17.5 Å². The normalized spacial score (nSPS) is 10.9. The Kier molecular flexibility index (Phi) is 6.85. The first-order valence-corrected chi connectivity index (χ1v) is 8.73. The van der Waals surface area contributed by atoms with Gasteiger partial charge < -0.3 is 15.4 Å². The molecule has 3 N–H and O–H groups in total. The second-order valence-corrected chi connectivity index (χ2v) is 6.12. The minimum atomic E-state index is -0.416. The third-order valence-corrected chi connectivity index (χ3v) is 4.18. The van der Waals surface area contributed by atoms with E-state index in [-0.39, 0.29) is 23.6 Å². The predicted molar refractivity (Wildman–Crippen MR) is 96.3 cm³/mol. The van der Waals surface area contributed by atoms with Crippen molar-refractivity contribution >= 4 is 16.8 Å². The third-order valence-electron chi connectivity index (χ3n) is 4.18. The average Bonchev–Trinajstić information content (AvgIpc) is 2.58. The van der Waals surface area contributed by atoms with Gasteiger partial charge in [-0.15, -0.1) is 0 Å². The van der Waals surface area contributed by atoms with Crippen molar-refractivity contribution in [3.63, 3.8) is 0 Å². The van der Waals surface area contributed by atoms with E-state index in [1.165, 1.54) is 25.7 Å². The Labute approximate surface area is 142 Å². The summed E-state index contributed by atoms with van der Waals surface area (Å²) in [6, 6.07) is 7.00. The minimum absolute atomic E-state index is 0.107. The van der Waals surface area contributed by atoms with Crippen molar-refractivity contribution in [1.82, 2.24) is 10.3 Å². The fourth-order valence-electron chi connectivity index (χ4n) is 2.79. The second-order valence-electron chi connectivity index (χ2n) is 6.12. The molecule has 130 valence electrons. The molecule has 1 aromatic heterocycles. The predicted octanol–water partition coefficient (Wildman–Crippen LogP) is 3.25. The second kappa shape index (κ2) is 9.11. The molecule has 1 heterocycles. The summed E-state index contributed by atoms with van der Waals surface area (Å²) >= 11 is 0. The molecule has 0 aliphatic rings. The van der Waals surface area contributed by atoms with Crippen LogP contribution in [0.3, 0.4) is 0 Å². The number of aromatic nitrogens is 1. The molecule has 0 bridgehead atoms. The van der Waals surface area contributed by atoms with Crippen LogP contribution in [-0.2, 0) is 11.2 Å². The van der Waals surface area contributed by atoms with E-state index in [4.69, 9.17) is 0 Å². The van der Waals surface area contributed by atoms with Crippen LogP contribution < -0.4 is 10.9 Å². The summed E-state index contributed by atoms with van der Waals surface area (Å²) in [6.07, 6.45) is 6.84. The highest BCUT2D eigenvalue weighted by Gasteiger charge is 2.14. The SMILES string of the molecule is CCCCCCCCNC(=O)Cc1c(O)c2ccccc2[nH]c1=O. The Morgan fingerprint density at radius 3 is 2.62 bits per heavy atom. The smallest absolute Gasteiger partial charge is 0.255 e. The number of rotatable bonds is 9. The largest absolute Gasteiger partial charge is 0.507 e. The van der Waals surface area contributed by atoms with Gasteiger partial charge in [-0.05, 0) is 18.6 Å². The van der Waals surface area contributed by atoms with Gasteiger partial charge in [0, 0.05) is 11.9 Å². The van der Waals surface area contributed by atoms with Crippen molar-refractivity contribution in [2.24, 2.45) is 0 Å². The molecule has 0 unspecified atom stereocenters. The van der Waals surface area contributed by atoms with E-state index in [0.29, 0.717) is 17.4 Å². The van der Waals surface area contributed by atoms with Crippen molar-refractivity contribution < 1.29 is 9.90 Å². The van der Waals surface area contributed by atoms with Crippen LogP contribution in [0.15, 0.2) is 29.1 Å². The fraction of sp³-hybridized carbons (Fsp3) is 0.474. The van der Waals surface area contributed by atoms with Crippen LogP contribution in [0.5, 0.6) is 5.75 Å². The lowest BCUT2D eigenvalue weighted by Gasteiger charge is -2.08. The molecule has 5 nitrogen and oxygen atoms in total.